The fourth-order valence-electron chi connectivity index (χ4n) is 1.71. The van der Waals surface area contributed by atoms with Crippen molar-refractivity contribution in [3.05, 3.63) is 0 Å². The Morgan fingerprint density at radius 3 is 2.37 bits per heavy atom. The monoisotopic (exact) mass is 287 g/mol. The molecule has 0 aromatic heterocycles. The summed E-state index contributed by atoms with van der Waals surface area (Å²) < 4.78 is 47.1. The summed E-state index contributed by atoms with van der Waals surface area (Å²) in [7, 11) is 1.53. The van der Waals surface area contributed by atoms with Crippen LogP contribution in [0.1, 0.15) is 20.3 Å². The van der Waals surface area contributed by atoms with Gasteiger partial charge < -0.3 is 14.6 Å². The molecule has 2 atom stereocenters. The highest BCUT2D eigenvalue weighted by Crippen LogP contribution is 2.16. The third kappa shape index (κ3) is 11.2. The van der Waals surface area contributed by atoms with Gasteiger partial charge in [-0.05, 0) is 19.9 Å². The molecule has 0 fully saturated rings. The van der Waals surface area contributed by atoms with Gasteiger partial charge in [0.1, 0.15) is 0 Å². The zero-order valence-electron chi connectivity index (χ0n) is 11.7. The number of aliphatic hydroxyl groups is 1. The van der Waals surface area contributed by atoms with Gasteiger partial charge in [0.2, 0.25) is 0 Å². The molecule has 7 heteroatoms. The third-order valence-electron chi connectivity index (χ3n) is 2.39. The van der Waals surface area contributed by atoms with Gasteiger partial charge >= 0.3 is 6.18 Å². The van der Waals surface area contributed by atoms with Gasteiger partial charge in [0, 0.05) is 13.7 Å². The average Bonchev–Trinajstić information content (AvgIpc) is 2.25. The Kier molecular flexibility index (Phi) is 9.34. The Morgan fingerprint density at radius 1 is 1.26 bits per heavy atom. The van der Waals surface area contributed by atoms with Crippen LogP contribution in [-0.4, -0.2) is 68.3 Å². The summed E-state index contributed by atoms with van der Waals surface area (Å²) in [5.41, 5.74) is 0. The normalized spacial score (nSPS) is 15.8. The van der Waals surface area contributed by atoms with Crippen LogP contribution < -0.4 is 0 Å². The highest BCUT2D eigenvalue weighted by atomic mass is 19.4. The Morgan fingerprint density at radius 2 is 1.89 bits per heavy atom. The minimum Gasteiger partial charge on any atom is -0.389 e. The predicted molar refractivity (Wildman–Crippen MR) is 66.1 cm³/mol. The van der Waals surface area contributed by atoms with Crippen LogP contribution in [0.25, 0.3) is 0 Å². The van der Waals surface area contributed by atoms with E-state index < -0.39 is 18.8 Å². The van der Waals surface area contributed by atoms with Crippen molar-refractivity contribution in [2.75, 3.05) is 40.0 Å². The highest BCUT2D eigenvalue weighted by molar-refractivity contribution is 4.68. The third-order valence-corrected chi connectivity index (χ3v) is 2.39. The van der Waals surface area contributed by atoms with E-state index in [4.69, 9.17) is 9.47 Å². The maximum absolute atomic E-state index is 12.3. The number of methoxy groups -OCH3 is 1. The predicted octanol–water partition coefficient (Wildman–Crippen LogP) is 1.67. The van der Waals surface area contributed by atoms with E-state index in [1.165, 1.54) is 12.0 Å². The lowest BCUT2D eigenvalue weighted by molar-refractivity contribution is -0.150. The molecule has 0 saturated heterocycles. The first-order valence-electron chi connectivity index (χ1n) is 6.36. The molecule has 1 N–H and O–H groups in total. The number of nitrogens with zero attached hydrogens (tertiary/aromatic N) is 1. The molecule has 19 heavy (non-hydrogen) atoms. The highest BCUT2D eigenvalue weighted by Gasteiger charge is 2.31. The van der Waals surface area contributed by atoms with Crippen LogP contribution in [0.2, 0.25) is 0 Å². The molecule has 0 amide bonds. The maximum Gasteiger partial charge on any atom is 0.401 e. The summed E-state index contributed by atoms with van der Waals surface area (Å²) in [6, 6.07) is 0. The number of halogens is 3. The fourth-order valence-corrected chi connectivity index (χ4v) is 1.71. The standard InChI is InChI=1S/C12H24F3NO3/c1-4-5-16(9-12(13,14)15)6-11(17)8-19-10(2)7-18-3/h10-11,17H,4-9H2,1-3H3. The van der Waals surface area contributed by atoms with Crippen molar-refractivity contribution in [2.45, 2.75) is 38.7 Å². The average molecular weight is 287 g/mol. The summed E-state index contributed by atoms with van der Waals surface area (Å²) in [5, 5.41) is 9.69. The van der Waals surface area contributed by atoms with Gasteiger partial charge in [-0.15, -0.1) is 0 Å². The van der Waals surface area contributed by atoms with Crippen molar-refractivity contribution in [2.24, 2.45) is 0 Å². The smallest absolute Gasteiger partial charge is 0.389 e. The van der Waals surface area contributed by atoms with Crippen molar-refractivity contribution in [1.29, 1.82) is 0 Å². The van der Waals surface area contributed by atoms with E-state index in [0.29, 0.717) is 19.6 Å². The van der Waals surface area contributed by atoms with Gasteiger partial charge in [-0.3, -0.25) is 4.90 Å². The minimum absolute atomic E-state index is 0.00258. The van der Waals surface area contributed by atoms with E-state index in [-0.39, 0.29) is 19.3 Å². The Bertz CT molecular complexity index is 227. The Balaban J connectivity index is 4.05. The van der Waals surface area contributed by atoms with Gasteiger partial charge in [0.25, 0.3) is 0 Å². The van der Waals surface area contributed by atoms with Crippen molar-refractivity contribution in [3.8, 4) is 0 Å². The number of aliphatic hydroxyl groups excluding tert-OH is 1. The molecule has 0 aromatic rings. The molecule has 0 aliphatic heterocycles. The second-order valence-electron chi connectivity index (χ2n) is 4.60. The fraction of sp³-hybridized carbons (Fsp3) is 1.00. The van der Waals surface area contributed by atoms with E-state index >= 15 is 0 Å². The van der Waals surface area contributed by atoms with Crippen LogP contribution in [0.5, 0.6) is 0 Å². The number of ether oxygens (including phenoxy) is 2. The van der Waals surface area contributed by atoms with E-state index in [9.17, 15) is 18.3 Å². The van der Waals surface area contributed by atoms with Crippen LogP contribution in [-0.2, 0) is 9.47 Å². The van der Waals surface area contributed by atoms with Crippen molar-refractivity contribution in [1.82, 2.24) is 4.90 Å². The van der Waals surface area contributed by atoms with Crippen LogP contribution in [0.15, 0.2) is 0 Å². The molecule has 0 radical (unpaired) electrons. The van der Waals surface area contributed by atoms with Crippen LogP contribution in [0.3, 0.4) is 0 Å². The molecule has 0 bridgehead atoms. The second-order valence-corrected chi connectivity index (χ2v) is 4.60. The second kappa shape index (κ2) is 9.52. The zero-order chi connectivity index (χ0) is 14.9. The van der Waals surface area contributed by atoms with E-state index in [1.807, 2.05) is 0 Å². The van der Waals surface area contributed by atoms with Crippen molar-refractivity contribution >= 4 is 0 Å². The molecular weight excluding hydrogens is 263 g/mol. The molecule has 0 rings (SSSR count). The quantitative estimate of drug-likeness (QED) is 0.664. The summed E-state index contributed by atoms with van der Waals surface area (Å²) in [4.78, 5) is 1.19. The Labute approximate surface area is 112 Å². The number of hydrogen-bond acceptors (Lipinski definition) is 4. The van der Waals surface area contributed by atoms with Crippen LogP contribution >= 0.6 is 0 Å². The van der Waals surface area contributed by atoms with Crippen LogP contribution in [0.4, 0.5) is 13.2 Å². The van der Waals surface area contributed by atoms with E-state index in [1.54, 1.807) is 13.8 Å². The van der Waals surface area contributed by atoms with Crippen LogP contribution in [0, 0.1) is 0 Å². The van der Waals surface area contributed by atoms with Gasteiger partial charge in [-0.25, -0.2) is 0 Å². The molecule has 0 aliphatic carbocycles. The zero-order valence-corrected chi connectivity index (χ0v) is 11.7. The lowest BCUT2D eigenvalue weighted by Gasteiger charge is -2.26. The first-order chi connectivity index (χ1) is 8.78. The number of rotatable bonds is 10. The van der Waals surface area contributed by atoms with Crippen molar-refractivity contribution < 1.29 is 27.8 Å². The lowest BCUT2D eigenvalue weighted by Crippen LogP contribution is -2.41. The maximum atomic E-state index is 12.3. The molecule has 0 aromatic carbocycles. The minimum atomic E-state index is -4.25. The molecular formula is C12H24F3NO3. The Hall–Kier alpha value is -0.370. The van der Waals surface area contributed by atoms with Gasteiger partial charge in [0.15, 0.2) is 0 Å². The number of hydrogen-bond donors (Lipinski definition) is 1. The summed E-state index contributed by atoms with van der Waals surface area (Å²) in [6.45, 7) is 3.20. The summed E-state index contributed by atoms with van der Waals surface area (Å²) >= 11 is 0. The molecule has 4 nitrogen and oxygen atoms in total. The van der Waals surface area contributed by atoms with E-state index in [2.05, 4.69) is 0 Å². The summed E-state index contributed by atoms with van der Waals surface area (Å²) in [6.07, 6.45) is -4.78. The first-order valence-corrected chi connectivity index (χ1v) is 6.36. The molecule has 0 saturated carbocycles. The van der Waals surface area contributed by atoms with Gasteiger partial charge in [-0.1, -0.05) is 6.92 Å². The molecule has 0 spiro atoms. The van der Waals surface area contributed by atoms with Crippen molar-refractivity contribution in [3.63, 3.8) is 0 Å². The lowest BCUT2D eigenvalue weighted by atomic mass is 10.3. The van der Waals surface area contributed by atoms with Gasteiger partial charge in [-0.2, -0.15) is 13.2 Å². The first kappa shape index (κ1) is 18.6. The molecule has 116 valence electrons. The topological polar surface area (TPSA) is 41.9 Å². The molecule has 0 aliphatic rings. The van der Waals surface area contributed by atoms with E-state index in [0.717, 1.165) is 0 Å². The number of alkyl halides is 3. The largest absolute Gasteiger partial charge is 0.401 e. The molecule has 2 unspecified atom stereocenters. The molecule has 0 heterocycles. The SMILES string of the molecule is CCCN(CC(O)COC(C)COC)CC(F)(F)F. The summed E-state index contributed by atoms with van der Waals surface area (Å²) in [5.74, 6) is 0. The van der Waals surface area contributed by atoms with Gasteiger partial charge in [0.05, 0.1) is 32.0 Å².